The van der Waals surface area contributed by atoms with E-state index in [1.54, 1.807) is 24.2 Å². The molecule has 6 heteroatoms. The quantitative estimate of drug-likeness (QED) is 0.877. The summed E-state index contributed by atoms with van der Waals surface area (Å²) in [6.07, 6.45) is 1.68. The van der Waals surface area contributed by atoms with Crippen molar-refractivity contribution in [2.24, 2.45) is 0 Å². The molecule has 23 heavy (non-hydrogen) atoms. The number of rotatable bonds is 3. The van der Waals surface area contributed by atoms with Crippen molar-refractivity contribution >= 4 is 17.7 Å². The van der Waals surface area contributed by atoms with Crippen LogP contribution < -0.4 is 5.32 Å². The maximum absolute atomic E-state index is 12.6. The molecule has 2 aromatic rings. The van der Waals surface area contributed by atoms with Gasteiger partial charge in [0.05, 0.1) is 22.9 Å². The summed E-state index contributed by atoms with van der Waals surface area (Å²) in [5, 5.41) is 2.21. The Morgan fingerprint density at radius 2 is 1.87 bits per heavy atom. The Labute approximate surface area is 133 Å². The summed E-state index contributed by atoms with van der Waals surface area (Å²) >= 11 is 0. The SMILES string of the molecule is C[C@@H](c1ccccn1)N(C)C(=O)c1ccc2c(c1)C(=O)NC2=O. The van der Waals surface area contributed by atoms with E-state index in [1.165, 1.54) is 12.1 Å². The highest BCUT2D eigenvalue weighted by Gasteiger charge is 2.28. The summed E-state index contributed by atoms with van der Waals surface area (Å²) in [4.78, 5) is 41.7. The van der Waals surface area contributed by atoms with Gasteiger partial charge in [0.2, 0.25) is 0 Å². The molecule has 6 nitrogen and oxygen atoms in total. The van der Waals surface area contributed by atoms with Crippen molar-refractivity contribution in [2.45, 2.75) is 13.0 Å². The van der Waals surface area contributed by atoms with Crippen LogP contribution in [-0.2, 0) is 0 Å². The zero-order valence-corrected chi connectivity index (χ0v) is 12.7. The van der Waals surface area contributed by atoms with Crippen LogP contribution >= 0.6 is 0 Å². The van der Waals surface area contributed by atoms with Gasteiger partial charge in [-0.1, -0.05) is 6.07 Å². The van der Waals surface area contributed by atoms with Crippen molar-refractivity contribution in [2.75, 3.05) is 7.05 Å². The Hall–Kier alpha value is -3.02. The molecule has 0 bridgehead atoms. The lowest BCUT2D eigenvalue weighted by atomic mass is 10.0. The largest absolute Gasteiger partial charge is 0.333 e. The van der Waals surface area contributed by atoms with E-state index in [0.717, 1.165) is 5.69 Å². The van der Waals surface area contributed by atoms with E-state index >= 15 is 0 Å². The van der Waals surface area contributed by atoms with Crippen LogP contribution in [-0.4, -0.2) is 34.7 Å². The molecule has 0 spiro atoms. The number of fused-ring (bicyclic) bond motifs is 1. The molecule has 0 saturated carbocycles. The van der Waals surface area contributed by atoms with E-state index in [4.69, 9.17) is 0 Å². The van der Waals surface area contributed by atoms with E-state index in [9.17, 15) is 14.4 Å². The summed E-state index contributed by atoms with van der Waals surface area (Å²) in [6.45, 7) is 1.88. The van der Waals surface area contributed by atoms with E-state index in [0.29, 0.717) is 11.1 Å². The van der Waals surface area contributed by atoms with E-state index in [1.807, 2.05) is 25.1 Å². The maximum Gasteiger partial charge on any atom is 0.258 e. The monoisotopic (exact) mass is 309 g/mol. The van der Waals surface area contributed by atoms with Crippen molar-refractivity contribution in [1.29, 1.82) is 0 Å². The second-order valence-corrected chi connectivity index (χ2v) is 5.39. The van der Waals surface area contributed by atoms with Crippen molar-refractivity contribution in [3.05, 3.63) is 65.0 Å². The molecule has 1 aromatic heterocycles. The molecular formula is C17H15N3O3. The fraction of sp³-hybridized carbons (Fsp3) is 0.176. The number of carbonyl (C=O) groups excluding carboxylic acids is 3. The van der Waals surface area contributed by atoms with Gasteiger partial charge < -0.3 is 4.90 Å². The van der Waals surface area contributed by atoms with Crippen LogP contribution in [0.5, 0.6) is 0 Å². The normalized spacial score (nSPS) is 14.2. The summed E-state index contributed by atoms with van der Waals surface area (Å²) in [6, 6.07) is 9.83. The Bertz CT molecular complexity index is 802. The molecule has 0 fully saturated rings. The molecule has 0 aliphatic carbocycles. The molecule has 0 unspecified atom stereocenters. The number of imide groups is 1. The topological polar surface area (TPSA) is 79.4 Å². The van der Waals surface area contributed by atoms with Crippen LogP contribution in [0.25, 0.3) is 0 Å². The summed E-state index contributed by atoms with van der Waals surface area (Å²) < 4.78 is 0. The number of hydrogen-bond acceptors (Lipinski definition) is 4. The van der Waals surface area contributed by atoms with E-state index in [-0.39, 0.29) is 17.5 Å². The van der Waals surface area contributed by atoms with Gasteiger partial charge in [0, 0.05) is 18.8 Å². The number of amides is 3. The lowest BCUT2D eigenvalue weighted by Crippen LogP contribution is -2.30. The number of benzene rings is 1. The first-order valence-electron chi connectivity index (χ1n) is 7.17. The van der Waals surface area contributed by atoms with Crippen LogP contribution in [0.4, 0.5) is 0 Å². The average molecular weight is 309 g/mol. The van der Waals surface area contributed by atoms with E-state index in [2.05, 4.69) is 10.3 Å². The van der Waals surface area contributed by atoms with Gasteiger partial charge in [-0.05, 0) is 37.3 Å². The molecule has 1 aromatic carbocycles. The van der Waals surface area contributed by atoms with Gasteiger partial charge >= 0.3 is 0 Å². The fourth-order valence-electron chi connectivity index (χ4n) is 2.50. The number of nitrogens with one attached hydrogen (secondary N) is 1. The molecule has 1 N–H and O–H groups in total. The van der Waals surface area contributed by atoms with Crippen LogP contribution in [0, 0.1) is 0 Å². The lowest BCUT2D eigenvalue weighted by molar-refractivity contribution is 0.0739. The number of nitrogens with zero attached hydrogens (tertiary/aromatic N) is 2. The van der Waals surface area contributed by atoms with Gasteiger partial charge in [-0.25, -0.2) is 0 Å². The van der Waals surface area contributed by atoms with Gasteiger partial charge in [0.1, 0.15) is 0 Å². The first-order chi connectivity index (χ1) is 11.0. The zero-order valence-electron chi connectivity index (χ0n) is 12.7. The molecule has 1 atom stereocenters. The minimum atomic E-state index is -0.472. The standard InChI is InChI=1S/C17H15N3O3/c1-10(14-5-3-4-8-18-14)20(2)17(23)11-6-7-12-13(9-11)16(22)19-15(12)21/h3-10H,1-2H3,(H,19,21,22)/t10-/m0/s1. The van der Waals surface area contributed by atoms with Crippen LogP contribution in [0.15, 0.2) is 42.6 Å². The number of carbonyl (C=O) groups is 3. The van der Waals surface area contributed by atoms with Crippen molar-refractivity contribution in [3.8, 4) is 0 Å². The van der Waals surface area contributed by atoms with E-state index < -0.39 is 11.8 Å². The molecular weight excluding hydrogens is 294 g/mol. The number of hydrogen-bond donors (Lipinski definition) is 1. The molecule has 116 valence electrons. The van der Waals surface area contributed by atoms with Gasteiger partial charge in [-0.3, -0.25) is 24.7 Å². The fourth-order valence-corrected chi connectivity index (χ4v) is 2.50. The van der Waals surface area contributed by atoms with Gasteiger partial charge in [-0.2, -0.15) is 0 Å². The lowest BCUT2D eigenvalue weighted by Gasteiger charge is -2.24. The average Bonchev–Trinajstić information content (AvgIpc) is 2.87. The third kappa shape index (κ3) is 2.59. The van der Waals surface area contributed by atoms with Gasteiger partial charge in [0.25, 0.3) is 17.7 Å². The molecule has 1 aliphatic rings. The van der Waals surface area contributed by atoms with Crippen LogP contribution in [0.2, 0.25) is 0 Å². The van der Waals surface area contributed by atoms with Crippen molar-refractivity contribution in [3.63, 3.8) is 0 Å². The molecule has 0 radical (unpaired) electrons. The first-order valence-corrected chi connectivity index (χ1v) is 7.17. The Balaban J connectivity index is 1.88. The third-order valence-corrected chi connectivity index (χ3v) is 4.00. The first kappa shape index (κ1) is 14.9. The molecule has 0 saturated heterocycles. The molecule has 1 aliphatic heterocycles. The summed E-state index contributed by atoms with van der Waals surface area (Å²) in [7, 11) is 1.68. The van der Waals surface area contributed by atoms with Crippen molar-refractivity contribution in [1.82, 2.24) is 15.2 Å². The minimum Gasteiger partial charge on any atom is -0.333 e. The maximum atomic E-state index is 12.6. The zero-order chi connectivity index (χ0) is 16.6. The highest BCUT2D eigenvalue weighted by Crippen LogP contribution is 2.22. The van der Waals surface area contributed by atoms with Gasteiger partial charge in [-0.15, -0.1) is 0 Å². The Morgan fingerprint density at radius 1 is 1.13 bits per heavy atom. The predicted molar refractivity (Wildman–Crippen MR) is 83.0 cm³/mol. The Kier molecular flexibility index (Phi) is 3.65. The molecule has 3 amide bonds. The van der Waals surface area contributed by atoms with Crippen LogP contribution in [0.3, 0.4) is 0 Å². The van der Waals surface area contributed by atoms with Gasteiger partial charge in [0.15, 0.2) is 0 Å². The highest BCUT2D eigenvalue weighted by atomic mass is 16.2. The number of aromatic nitrogens is 1. The molecule has 3 rings (SSSR count). The smallest absolute Gasteiger partial charge is 0.258 e. The molecule has 2 heterocycles. The van der Waals surface area contributed by atoms with Crippen LogP contribution in [0.1, 0.15) is 49.7 Å². The third-order valence-electron chi connectivity index (χ3n) is 4.00. The summed E-state index contributed by atoms with van der Waals surface area (Å²) in [5.74, 6) is -1.14. The number of pyridine rings is 1. The minimum absolute atomic E-state index is 0.215. The Morgan fingerprint density at radius 3 is 2.57 bits per heavy atom. The second kappa shape index (κ2) is 5.64. The summed E-state index contributed by atoms with van der Waals surface area (Å²) in [5.41, 5.74) is 1.67. The highest BCUT2D eigenvalue weighted by molar-refractivity contribution is 6.22. The second-order valence-electron chi connectivity index (χ2n) is 5.39. The van der Waals surface area contributed by atoms with Crippen molar-refractivity contribution < 1.29 is 14.4 Å². The predicted octanol–water partition coefficient (Wildman–Crippen LogP) is 1.80.